The van der Waals surface area contributed by atoms with Crippen molar-refractivity contribution in [2.24, 2.45) is 0 Å². The van der Waals surface area contributed by atoms with Crippen LogP contribution in [-0.4, -0.2) is 8.07 Å². The maximum atomic E-state index is 3.61. The van der Waals surface area contributed by atoms with Crippen LogP contribution in [0.15, 0.2) is 24.3 Å². The molecule has 0 aromatic rings. The molecule has 0 aliphatic rings. The summed E-state index contributed by atoms with van der Waals surface area (Å²) in [5.41, 5.74) is 4.38. The van der Waals surface area contributed by atoms with E-state index in [1.807, 2.05) is 13.0 Å². The summed E-state index contributed by atoms with van der Waals surface area (Å²) in [6, 6.07) is 0. The Morgan fingerprint density at radius 1 is 1.36 bits per heavy atom. The maximum Gasteiger partial charge on any atom is 0.129 e. The van der Waals surface area contributed by atoms with Gasteiger partial charge in [-0.1, -0.05) is 44.3 Å². The van der Waals surface area contributed by atoms with E-state index in [1.165, 1.54) is 0 Å². The van der Waals surface area contributed by atoms with E-state index in [2.05, 4.69) is 37.7 Å². The van der Waals surface area contributed by atoms with Gasteiger partial charge in [-0.15, -0.1) is 5.54 Å². The molecule has 0 rings (SSSR count). The van der Waals surface area contributed by atoms with Crippen LogP contribution in [0.25, 0.3) is 0 Å². The van der Waals surface area contributed by atoms with Crippen molar-refractivity contribution >= 4 is 8.07 Å². The second kappa shape index (κ2) is 4.20. The van der Waals surface area contributed by atoms with Gasteiger partial charge in [0, 0.05) is 0 Å². The highest BCUT2D eigenvalue weighted by atomic mass is 28.3. The monoisotopic (exact) mass is 164 g/mol. The van der Waals surface area contributed by atoms with Crippen LogP contribution in [0.4, 0.5) is 0 Å². The van der Waals surface area contributed by atoms with Crippen LogP contribution < -0.4 is 0 Å². The molecule has 0 unspecified atom stereocenters. The zero-order chi connectivity index (χ0) is 8.91. The van der Waals surface area contributed by atoms with Gasteiger partial charge in [-0.3, -0.25) is 0 Å². The van der Waals surface area contributed by atoms with Crippen LogP contribution in [0.5, 0.6) is 0 Å². The van der Waals surface area contributed by atoms with Gasteiger partial charge < -0.3 is 0 Å². The average molecular weight is 164 g/mol. The molecule has 0 aromatic heterocycles. The molecular formula is C10H16Si. The van der Waals surface area contributed by atoms with Gasteiger partial charge in [0.15, 0.2) is 0 Å². The van der Waals surface area contributed by atoms with E-state index in [4.69, 9.17) is 0 Å². The van der Waals surface area contributed by atoms with Crippen LogP contribution in [-0.2, 0) is 0 Å². The lowest BCUT2D eigenvalue weighted by Gasteiger charge is -2.02. The molecule has 0 amide bonds. The van der Waals surface area contributed by atoms with Gasteiger partial charge >= 0.3 is 0 Å². The SMILES string of the molecule is C=C/C=C(\C)C#C[Si](C)(C)C. The van der Waals surface area contributed by atoms with E-state index in [1.54, 1.807) is 6.08 Å². The molecule has 0 atom stereocenters. The third kappa shape index (κ3) is 7.15. The first-order valence-corrected chi connectivity index (χ1v) is 7.28. The fraction of sp³-hybridized carbons (Fsp3) is 0.400. The van der Waals surface area contributed by atoms with Gasteiger partial charge in [0.1, 0.15) is 8.07 Å². The van der Waals surface area contributed by atoms with Crippen molar-refractivity contribution in [1.29, 1.82) is 0 Å². The van der Waals surface area contributed by atoms with Crippen molar-refractivity contribution in [3.63, 3.8) is 0 Å². The van der Waals surface area contributed by atoms with Gasteiger partial charge in [-0.2, -0.15) is 0 Å². The lowest BCUT2D eigenvalue weighted by Crippen LogP contribution is -2.16. The summed E-state index contributed by atoms with van der Waals surface area (Å²) in [7, 11) is -1.19. The van der Waals surface area contributed by atoms with Crippen LogP contribution in [0.3, 0.4) is 0 Å². The Bertz CT molecular complexity index is 217. The summed E-state index contributed by atoms with van der Waals surface area (Å²) >= 11 is 0. The molecule has 0 heterocycles. The normalized spacial score (nSPS) is 11.8. The van der Waals surface area contributed by atoms with E-state index in [9.17, 15) is 0 Å². The zero-order valence-corrected chi connectivity index (χ0v) is 8.86. The molecule has 0 saturated heterocycles. The molecule has 11 heavy (non-hydrogen) atoms. The van der Waals surface area contributed by atoms with E-state index in [-0.39, 0.29) is 0 Å². The van der Waals surface area contributed by atoms with Crippen LogP contribution in [0.2, 0.25) is 19.6 Å². The Morgan fingerprint density at radius 3 is 2.27 bits per heavy atom. The van der Waals surface area contributed by atoms with Crippen molar-refractivity contribution in [1.82, 2.24) is 0 Å². The minimum atomic E-state index is -1.19. The van der Waals surface area contributed by atoms with Gasteiger partial charge in [-0.25, -0.2) is 0 Å². The highest BCUT2D eigenvalue weighted by Crippen LogP contribution is 1.98. The zero-order valence-electron chi connectivity index (χ0n) is 7.86. The molecular weight excluding hydrogens is 148 g/mol. The Balaban J connectivity index is 4.30. The van der Waals surface area contributed by atoms with E-state index in [0.29, 0.717) is 0 Å². The summed E-state index contributed by atoms with van der Waals surface area (Å²) in [5.74, 6) is 3.13. The Morgan fingerprint density at radius 2 is 1.91 bits per heavy atom. The quantitative estimate of drug-likeness (QED) is 0.317. The Kier molecular flexibility index (Phi) is 3.92. The van der Waals surface area contributed by atoms with Crippen molar-refractivity contribution in [2.75, 3.05) is 0 Å². The first-order valence-electron chi connectivity index (χ1n) is 3.78. The Labute approximate surface area is 71.0 Å². The number of allylic oxidation sites excluding steroid dienone is 3. The molecule has 0 saturated carbocycles. The molecule has 0 aliphatic carbocycles. The summed E-state index contributed by atoms with van der Waals surface area (Å²) in [6.07, 6.45) is 3.71. The topological polar surface area (TPSA) is 0 Å². The van der Waals surface area contributed by atoms with Gasteiger partial charge in [0.05, 0.1) is 0 Å². The minimum absolute atomic E-state index is 1.10. The summed E-state index contributed by atoms with van der Waals surface area (Å²) < 4.78 is 0. The first kappa shape index (κ1) is 10.3. The molecule has 0 bridgehead atoms. The lowest BCUT2D eigenvalue weighted by molar-refractivity contribution is 1.58. The fourth-order valence-electron chi connectivity index (χ4n) is 0.505. The third-order valence-corrected chi connectivity index (χ3v) is 1.88. The third-order valence-electron chi connectivity index (χ3n) is 1.00. The van der Waals surface area contributed by atoms with Gasteiger partial charge in [0.25, 0.3) is 0 Å². The highest BCUT2D eigenvalue weighted by molar-refractivity contribution is 6.83. The summed E-state index contributed by atoms with van der Waals surface area (Å²) in [6.45, 7) is 12.3. The molecule has 0 radical (unpaired) electrons. The fourth-order valence-corrected chi connectivity index (χ4v) is 1.08. The largest absolute Gasteiger partial charge is 0.129 e. The molecule has 0 aliphatic heterocycles. The highest BCUT2D eigenvalue weighted by Gasteiger charge is 2.06. The minimum Gasteiger partial charge on any atom is -0.127 e. The molecule has 0 aromatic carbocycles. The van der Waals surface area contributed by atoms with Crippen LogP contribution in [0.1, 0.15) is 6.92 Å². The van der Waals surface area contributed by atoms with Crippen LogP contribution in [0, 0.1) is 11.5 Å². The summed E-state index contributed by atoms with van der Waals surface area (Å²) in [4.78, 5) is 0. The standard InChI is InChI=1S/C10H16Si/c1-6-7-10(2)8-9-11(3,4)5/h6-7H,1H2,2-5H3/b10-7+. The second-order valence-corrected chi connectivity index (χ2v) is 8.34. The molecule has 0 nitrogen and oxygen atoms in total. The molecule has 0 fully saturated rings. The predicted molar refractivity (Wildman–Crippen MR) is 55.1 cm³/mol. The van der Waals surface area contributed by atoms with Crippen molar-refractivity contribution in [3.8, 4) is 11.5 Å². The van der Waals surface area contributed by atoms with E-state index < -0.39 is 8.07 Å². The Hall–Kier alpha value is -0.743. The van der Waals surface area contributed by atoms with E-state index in [0.717, 1.165) is 5.57 Å². The summed E-state index contributed by atoms with van der Waals surface area (Å²) in [5, 5.41) is 0. The molecule has 0 N–H and O–H groups in total. The average Bonchev–Trinajstić information content (AvgIpc) is 1.83. The first-order chi connectivity index (χ1) is 4.95. The van der Waals surface area contributed by atoms with Crippen molar-refractivity contribution in [3.05, 3.63) is 24.3 Å². The lowest BCUT2D eigenvalue weighted by atomic mass is 10.3. The smallest absolute Gasteiger partial charge is 0.127 e. The molecule has 0 spiro atoms. The molecule has 1 heteroatoms. The second-order valence-electron chi connectivity index (χ2n) is 3.59. The molecule has 60 valence electrons. The van der Waals surface area contributed by atoms with E-state index >= 15 is 0 Å². The number of hydrogen-bond donors (Lipinski definition) is 0. The van der Waals surface area contributed by atoms with Crippen molar-refractivity contribution in [2.45, 2.75) is 26.6 Å². The number of rotatable bonds is 1. The number of hydrogen-bond acceptors (Lipinski definition) is 0. The van der Waals surface area contributed by atoms with Gasteiger partial charge in [-0.05, 0) is 12.5 Å². The van der Waals surface area contributed by atoms with Crippen molar-refractivity contribution < 1.29 is 0 Å². The predicted octanol–water partition coefficient (Wildman–Crippen LogP) is 3.00. The van der Waals surface area contributed by atoms with Crippen LogP contribution >= 0.6 is 0 Å². The maximum absolute atomic E-state index is 3.61. The van der Waals surface area contributed by atoms with Gasteiger partial charge in [0.2, 0.25) is 0 Å².